The van der Waals surface area contributed by atoms with E-state index in [-0.39, 0.29) is 170 Å². The van der Waals surface area contributed by atoms with Gasteiger partial charge in [-0.3, -0.25) is 51.1 Å². The molecule has 0 atom stereocenters. The number of fused-ring (bicyclic) bond motifs is 5. The number of pyridine rings is 6. The van der Waals surface area contributed by atoms with Crippen LogP contribution >= 0.6 is 0 Å². The van der Waals surface area contributed by atoms with Gasteiger partial charge in [0.25, 0.3) is 0 Å². The molecule has 747 valence electrons. The van der Waals surface area contributed by atoms with Gasteiger partial charge in [-0.05, 0) is 155 Å². The predicted molar refractivity (Wildman–Crippen MR) is 553 cm³/mol. The number of carbonyl (C=O) groups excluding carboxylic acids is 5. The summed E-state index contributed by atoms with van der Waals surface area (Å²) in [6, 6.07) is 108. The molecule has 0 spiro atoms. The van der Waals surface area contributed by atoms with E-state index in [1.165, 1.54) is 138 Å². The summed E-state index contributed by atoms with van der Waals surface area (Å²) < 4.78 is 40.2. The van der Waals surface area contributed by atoms with E-state index in [0.717, 1.165) is 144 Å². The first-order valence-electron chi connectivity index (χ1n) is 45.0. The molecule has 2 aliphatic rings. The molecule has 0 fully saturated rings. The van der Waals surface area contributed by atoms with Gasteiger partial charge in [0.05, 0.1) is 45.1 Å². The molecule has 0 saturated carbocycles. The third kappa shape index (κ3) is 39.4. The molecule has 15 nitrogen and oxygen atoms in total. The van der Waals surface area contributed by atoms with Crippen molar-refractivity contribution >= 4 is 94.6 Å². The Hall–Kier alpha value is -13.4. The van der Waals surface area contributed by atoms with Crippen LogP contribution < -0.4 is 0 Å². The minimum atomic E-state index is -0.237. The molecule has 0 saturated heterocycles. The zero-order valence-electron chi connectivity index (χ0n) is 81.3. The summed E-state index contributed by atoms with van der Waals surface area (Å²) in [5.74, 6) is -0.939. The maximum atomic E-state index is 13.5. The number of aliphatic hydroxyl groups excluding tert-OH is 4. The minimum absolute atomic E-state index is 0. The average Bonchev–Trinajstić information content (AvgIpc) is 0.846. The molecule has 6 aromatic heterocycles. The molecule has 0 unspecified atom stereocenters. The van der Waals surface area contributed by atoms with Gasteiger partial charge in [-0.2, -0.15) is 11.1 Å². The Morgan fingerprint density at radius 3 is 1.21 bits per heavy atom. The monoisotopic (exact) mass is 2810 g/mol. The van der Waals surface area contributed by atoms with Crippen LogP contribution in [0.4, 0.5) is 13.2 Å². The van der Waals surface area contributed by atoms with Crippen molar-refractivity contribution in [2.75, 3.05) is 0 Å². The standard InChI is InChI=1S/C23H17FN.C18H12NO.C17H14N.C15H9FN.C14H11FN.C14H12N.4C5H8O2.5Ir/c1-15-7-8-16(2)20(13-15)23-14-21(17-9-11-18(24)12-10-17)19-5-3-4-6-22(19)25-23;20-18(15-9-5-2-6-10-15)16-11-12-17(19-13-16)14-7-3-1-4-8-14;1-12-9-13(2)11-15(10-12)17-8-7-14-5-3-4-6-16(14)18-17;16-13-7-4-8-15-12(13)9-10-14(17-15)11-5-2-1-3-6-11;15-12-6-3-7-14-11(12)8-9-13(16-14)10-4-1-2-5-10;1-2-6-11(5-1)14-10-9-12-7-3-4-8-13(12)15-14;4*1-4(6)3-5(2)7;;;;;/h3-12,14H,1-2H3;1-7,9-13H;3-10H,1-2H3;1-5,7-10H;3,6-9H,1-2,4H2;3-4,7-10H,1-2,5H2;4*3,6H,1-2H3;;;;;/q6*-1;;;;;;;;;. The number of carbonyl (C=O) groups is 5. The second-order valence-electron chi connectivity index (χ2n) is 32.6. The van der Waals surface area contributed by atoms with E-state index >= 15 is 0 Å². The molecule has 17 aromatic rings. The van der Waals surface area contributed by atoms with Gasteiger partial charge in [0, 0.05) is 164 Å². The van der Waals surface area contributed by atoms with Gasteiger partial charge in [0.2, 0.25) is 0 Å². The first kappa shape index (κ1) is 121. The van der Waals surface area contributed by atoms with Crippen molar-refractivity contribution in [2.45, 2.75) is 122 Å². The number of para-hydroxylation sites is 3. The predicted octanol–water partition coefficient (Wildman–Crippen LogP) is 29.6. The number of aromatic nitrogens is 6. The van der Waals surface area contributed by atoms with E-state index < -0.39 is 0 Å². The van der Waals surface area contributed by atoms with Gasteiger partial charge in [-0.15, -0.1) is 167 Å². The van der Waals surface area contributed by atoms with Gasteiger partial charge in [0.1, 0.15) is 17.5 Å². The number of aliphatic hydroxyl groups is 4. The van der Waals surface area contributed by atoms with E-state index in [9.17, 15) is 37.1 Å². The molecule has 11 aromatic carbocycles. The second kappa shape index (κ2) is 62.3. The number of halogens is 3. The Kier molecular flexibility index (Phi) is 52.4. The van der Waals surface area contributed by atoms with Crippen LogP contribution in [0.15, 0.2) is 357 Å². The number of nitrogens with zero attached hydrogens (tertiary/aromatic N) is 6. The summed E-state index contributed by atoms with van der Waals surface area (Å²) >= 11 is 0. The van der Waals surface area contributed by atoms with E-state index in [2.05, 4.69) is 156 Å². The van der Waals surface area contributed by atoms with E-state index in [0.29, 0.717) is 27.4 Å². The van der Waals surface area contributed by atoms with Crippen molar-refractivity contribution < 1.29 is 158 Å². The summed E-state index contributed by atoms with van der Waals surface area (Å²) in [6.07, 6.45) is 19.6. The Morgan fingerprint density at radius 2 is 0.750 bits per heavy atom. The smallest absolute Gasteiger partial charge is 0.194 e. The van der Waals surface area contributed by atoms with Gasteiger partial charge >= 0.3 is 0 Å². The Morgan fingerprint density at radius 1 is 0.340 bits per heavy atom. The normalized spacial score (nSPS) is 11.5. The van der Waals surface area contributed by atoms with Crippen molar-refractivity contribution in [1.82, 2.24) is 29.9 Å². The van der Waals surface area contributed by atoms with Gasteiger partial charge in [0.15, 0.2) is 28.9 Å². The van der Waals surface area contributed by atoms with Gasteiger partial charge < -0.3 is 35.4 Å². The summed E-state index contributed by atoms with van der Waals surface area (Å²) in [6.45, 7) is 19.7. The minimum Gasteiger partial charge on any atom is -0.512 e. The number of benzene rings is 11. The van der Waals surface area contributed by atoms with Crippen molar-refractivity contribution in [3.63, 3.8) is 0 Å². The summed E-state index contributed by atoms with van der Waals surface area (Å²) in [5.41, 5.74) is 24.3. The SMILES string of the molecule is CC(=O)C=C(C)O.CC(=O)C=C(C)O.CC(=O)C=C(C)O.CC(=O)C=C(C)O.Cc1[c-]c(-c2cc(-c3ccc(F)cc3)c3ccccc3n2)c(C)cc1.Cc1[c-]c(-c2ccc3ccccc3n2)cc(C)c1.Fc1cccc2nc(-c3[c-]cccc3)ccc12.Fc1cccc2nc(C3=[C-]CCC3)ccc12.O=C(c1ccccc1)c1ccc(-c2[c-]cccc2)nc1.[C-]1=C(c2ccc3ccccc3n2)CCC1.[Ir].[Ir].[Ir].[Ir].[Ir]. The maximum Gasteiger partial charge on any atom is 0.194 e. The first-order valence-corrected chi connectivity index (χ1v) is 45.0. The molecule has 6 heterocycles. The Balaban J connectivity index is 0.000000288. The van der Waals surface area contributed by atoms with Crippen LogP contribution in [0, 0.1) is 81.6 Å². The summed E-state index contributed by atoms with van der Waals surface area (Å²) in [7, 11) is 0. The molecular weight excluding hydrogens is 2700 g/mol. The largest absolute Gasteiger partial charge is 0.512 e. The van der Waals surface area contributed by atoms with Gasteiger partial charge in [-0.25, -0.2) is 13.2 Å². The first-order chi connectivity index (χ1) is 66.8. The number of ketones is 5. The fraction of sp³-hybridized carbons (Fsp3) is 0.149. The van der Waals surface area contributed by atoms with E-state index in [4.69, 9.17) is 30.4 Å². The number of rotatable bonds is 13. The van der Waals surface area contributed by atoms with Crippen LogP contribution in [0.3, 0.4) is 0 Å². The van der Waals surface area contributed by atoms with Crippen LogP contribution in [-0.4, -0.2) is 79.2 Å². The molecule has 4 N–H and O–H groups in total. The Bertz CT molecular complexity index is 7210. The van der Waals surface area contributed by atoms with Crippen LogP contribution in [0.2, 0.25) is 0 Å². The van der Waals surface area contributed by atoms with E-state index in [1.807, 2.05) is 165 Å². The van der Waals surface area contributed by atoms with Crippen LogP contribution in [-0.2, 0) is 120 Å². The summed E-state index contributed by atoms with van der Waals surface area (Å²) in [4.78, 5) is 79.8. The van der Waals surface area contributed by atoms with Gasteiger partial charge in [-0.1, -0.05) is 229 Å². The molecule has 19 rings (SSSR count). The second-order valence-corrected chi connectivity index (χ2v) is 32.6. The summed E-state index contributed by atoms with van der Waals surface area (Å²) in [5, 5.41) is 38.0. The number of hydrogen-bond donors (Lipinski definition) is 4. The zero-order valence-corrected chi connectivity index (χ0v) is 93.3. The van der Waals surface area contributed by atoms with Crippen LogP contribution in [0.1, 0.15) is 143 Å². The topological polar surface area (TPSA) is 244 Å². The number of aryl methyl sites for hydroxylation is 4. The molecule has 0 amide bonds. The quantitative estimate of drug-likeness (QED) is 0.0363. The zero-order chi connectivity index (χ0) is 99.9. The number of hydrogen-bond acceptors (Lipinski definition) is 15. The fourth-order valence-corrected chi connectivity index (χ4v) is 14.5. The molecule has 144 heavy (non-hydrogen) atoms. The van der Waals surface area contributed by atoms with Crippen molar-refractivity contribution in [3.05, 3.63) is 455 Å². The van der Waals surface area contributed by atoms with Crippen molar-refractivity contribution in [2.24, 2.45) is 0 Å². The molecule has 2 aliphatic carbocycles. The molecule has 0 bridgehead atoms. The maximum absolute atomic E-state index is 13.5. The fourth-order valence-electron chi connectivity index (χ4n) is 14.5. The average molecular weight is 2810 g/mol. The molecular formula is C121H107F3Ir5N6O9-6. The molecule has 0 aliphatic heterocycles. The molecule has 5 radical (unpaired) electrons. The van der Waals surface area contributed by atoms with Crippen LogP contribution in [0.5, 0.6) is 0 Å². The molecule has 23 heteroatoms. The Labute approximate surface area is 907 Å². The number of allylic oxidation sites excluding steroid dienone is 12. The van der Waals surface area contributed by atoms with E-state index in [1.54, 1.807) is 48.7 Å². The third-order valence-corrected chi connectivity index (χ3v) is 20.6. The third-order valence-electron chi connectivity index (χ3n) is 20.6. The van der Waals surface area contributed by atoms with Crippen molar-refractivity contribution in [3.8, 4) is 56.2 Å². The van der Waals surface area contributed by atoms with Crippen molar-refractivity contribution in [1.29, 1.82) is 0 Å². The van der Waals surface area contributed by atoms with Crippen LogP contribution in [0.25, 0.3) is 122 Å².